The molecule has 2 aromatic heterocycles. The van der Waals surface area contributed by atoms with Crippen LogP contribution in [0.5, 0.6) is 0 Å². The van der Waals surface area contributed by atoms with E-state index in [2.05, 4.69) is 10.4 Å². The lowest BCUT2D eigenvalue weighted by Gasteiger charge is -2.17. The van der Waals surface area contributed by atoms with E-state index in [0.29, 0.717) is 0 Å². The number of nitrogens with two attached hydrogens (primary N) is 1. The first-order chi connectivity index (χ1) is 7.81. The molecule has 2 heterocycles. The van der Waals surface area contributed by atoms with E-state index >= 15 is 0 Å². The SMILES string of the molecule is Cc1cnccc1C(Cc1ccoc1)NN. The van der Waals surface area contributed by atoms with Gasteiger partial charge < -0.3 is 4.42 Å². The molecule has 0 bridgehead atoms. The van der Waals surface area contributed by atoms with E-state index < -0.39 is 0 Å². The molecule has 0 fully saturated rings. The van der Waals surface area contributed by atoms with Gasteiger partial charge in [-0.15, -0.1) is 0 Å². The van der Waals surface area contributed by atoms with Gasteiger partial charge in [-0.1, -0.05) is 0 Å². The Hall–Kier alpha value is -1.65. The van der Waals surface area contributed by atoms with E-state index in [9.17, 15) is 0 Å². The Kier molecular flexibility index (Phi) is 3.34. The fourth-order valence-electron chi connectivity index (χ4n) is 1.78. The molecule has 0 amide bonds. The molecule has 1 atom stereocenters. The monoisotopic (exact) mass is 217 g/mol. The second-order valence-electron chi connectivity index (χ2n) is 3.79. The molecule has 2 aromatic rings. The van der Waals surface area contributed by atoms with Crippen molar-refractivity contribution < 1.29 is 4.42 Å². The standard InChI is InChI=1S/C12H15N3O/c1-9-7-14-4-2-11(9)12(15-13)6-10-3-5-16-8-10/h2-5,7-8,12,15H,6,13H2,1H3. The lowest BCUT2D eigenvalue weighted by atomic mass is 9.99. The maximum absolute atomic E-state index is 5.59. The molecule has 0 saturated carbocycles. The Morgan fingerprint density at radius 2 is 2.38 bits per heavy atom. The first-order valence-electron chi connectivity index (χ1n) is 5.19. The van der Waals surface area contributed by atoms with Gasteiger partial charge in [-0.3, -0.25) is 16.3 Å². The summed E-state index contributed by atoms with van der Waals surface area (Å²) >= 11 is 0. The molecular weight excluding hydrogens is 202 g/mol. The van der Waals surface area contributed by atoms with Crippen LogP contribution in [0.2, 0.25) is 0 Å². The maximum atomic E-state index is 5.59. The smallest absolute Gasteiger partial charge is 0.0935 e. The van der Waals surface area contributed by atoms with E-state index in [4.69, 9.17) is 10.3 Å². The third-order valence-corrected chi connectivity index (χ3v) is 2.66. The van der Waals surface area contributed by atoms with Crippen LogP contribution in [-0.2, 0) is 6.42 Å². The van der Waals surface area contributed by atoms with Gasteiger partial charge in [0.1, 0.15) is 0 Å². The molecule has 16 heavy (non-hydrogen) atoms. The molecule has 0 aromatic carbocycles. The van der Waals surface area contributed by atoms with Crippen molar-refractivity contribution in [1.82, 2.24) is 10.4 Å². The van der Waals surface area contributed by atoms with Gasteiger partial charge in [-0.2, -0.15) is 0 Å². The zero-order chi connectivity index (χ0) is 11.4. The summed E-state index contributed by atoms with van der Waals surface area (Å²) in [6.07, 6.45) is 7.83. The molecule has 0 aliphatic heterocycles. The lowest BCUT2D eigenvalue weighted by molar-refractivity contribution is 0.534. The van der Waals surface area contributed by atoms with Crippen molar-refractivity contribution in [3.05, 3.63) is 53.7 Å². The minimum Gasteiger partial charge on any atom is -0.472 e. The van der Waals surface area contributed by atoms with E-state index in [1.165, 1.54) is 5.56 Å². The van der Waals surface area contributed by atoms with Crippen molar-refractivity contribution in [2.75, 3.05) is 0 Å². The zero-order valence-electron chi connectivity index (χ0n) is 9.18. The van der Waals surface area contributed by atoms with Crippen LogP contribution < -0.4 is 11.3 Å². The summed E-state index contributed by atoms with van der Waals surface area (Å²) in [5, 5.41) is 0. The van der Waals surface area contributed by atoms with Crippen LogP contribution in [0.4, 0.5) is 0 Å². The Morgan fingerprint density at radius 3 is 3.00 bits per heavy atom. The summed E-state index contributed by atoms with van der Waals surface area (Å²) in [4.78, 5) is 4.07. The number of rotatable bonds is 4. The van der Waals surface area contributed by atoms with Gasteiger partial charge in [-0.25, -0.2) is 0 Å². The van der Waals surface area contributed by atoms with Gasteiger partial charge in [0.15, 0.2) is 0 Å². The van der Waals surface area contributed by atoms with Gasteiger partial charge in [0, 0.05) is 12.4 Å². The summed E-state index contributed by atoms with van der Waals surface area (Å²) in [5.74, 6) is 5.59. The van der Waals surface area contributed by atoms with Crippen molar-refractivity contribution in [3.63, 3.8) is 0 Å². The summed E-state index contributed by atoms with van der Waals surface area (Å²) in [5.41, 5.74) is 6.25. The van der Waals surface area contributed by atoms with Gasteiger partial charge >= 0.3 is 0 Å². The molecule has 4 nitrogen and oxygen atoms in total. The van der Waals surface area contributed by atoms with Crippen molar-refractivity contribution in [2.24, 2.45) is 5.84 Å². The summed E-state index contributed by atoms with van der Waals surface area (Å²) in [7, 11) is 0. The quantitative estimate of drug-likeness (QED) is 0.604. The highest BCUT2D eigenvalue weighted by Crippen LogP contribution is 2.20. The third kappa shape index (κ3) is 2.29. The Balaban J connectivity index is 2.20. The maximum Gasteiger partial charge on any atom is 0.0935 e. The van der Waals surface area contributed by atoms with Gasteiger partial charge in [0.25, 0.3) is 0 Å². The molecule has 1 unspecified atom stereocenters. The highest BCUT2D eigenvalue weighted by atomic mass is 16.3. The largest absolute Gasteiger partial charge is 0.472 e. The Bertz CT molecular complexity index is 439. The van der Waals surface area contributed by atoms with Crippen LogP contribution in [0.1, 0.15) is 22.7 Å². The van der Waals surface area contributed by atoms with Crippen molar-refractivity contribution in [3.8, 4) is 0 Å². The van der Waals surface area contributed by atoms with Crippen LogP contribution in [0.15, 0.2) is 41.5 Å². The molecular formula is C12H15N3O. The molecule has 0 spiro atoms. The highest BCUT2D eigenvalue weighted by Gasteiger charge is 2.13. The Morgan fingerprint density at radius 1 is 1.50 bits per heavy atom. The fraction of sp³-hybridized carbons (Fsp3) is 0.250. The average molecular weight is 217 g/mol. The third-order valence-electron chi connectivity index (χ3n) is 2.66. The number of aryl methyl sites for hydroxylation is 1. The number of hydrazine groups is 1. The second-order valence-corrected chi connectivity index (χ2v) is 3.79. The van der Waals surface area contributed by atoms with Gasteiger partial charge in [-0.05, 0) is 42.2 Å². The molecule has 3 N–H and O–H groups in total. The van der Waals surface area contributed by atoms with Crippen LogP contribution in [0.25, 0.3) is 0 Å². The normalized spacial score (nSPS) is 12.6. The number of hydrogen-bond donors (Lipinski definition) is 2. The van der Waals surface area contributed by atoms with E-state index in [-0.39, 0.29) is 6.04 Å². The van der Waals surface area contributed by atoms with Crippen molar-refractivity contribution in [1.29, 1.82) is 0 Å². The molecule has 0 aliphatic carbocycles. The minimum atomic E-state index is 0.0839. The number of aromatic nitrogens is 1. The number of nitrogens with one attached hydrogen (secondary N) is 1. The fourth-order valence-corrected chi connectivity index (χ4v) is 1.78. The molecule has 0 radical (unpaired) electrons. The minimum absolute atomic E-state index is 0.0839. The van der Waals surface area contributed by atoms with Crippen LogP contribution in [-0.4, -0.2) is 4.98 Å². The van der Waals surface area contributed by atoms with Gasteiger partial charge in [0.05, 0.1) is 18.6 Å². The first kappa shape index (κ1) is 10.9. The summed E-state index contributed by atoms with van der Waals surface area (Å²) < 4.78 is 5.05. The highest BCUT2D eigenvalue weighted by molar-refractivity contribution is 5.27. The van der Waals surface area contributed by atoms with Crippen LogP contribution in [0.3, 0.4) is 0 Å². The van der Waals surface area contributed by atoms with Gasteiger partial charge in [0.2, 0.25) is 0 Å². The number of furan rings is 1. The lowest BCUT2D eigenvalue weighted by Crippen LogP contribution is -2.30. The van der Waals surface area contributed by atoms with Crippen molar-refractivity contribution >= 4 is 0 Å². The Labute approximate surface area is 94.5 Å². The topological polar surface area (TPSA) is 64.1 Å². The average Bonchev–Trinajstić information content (AvgIpc) is 2.80. The summed E-state index contributed by atoms with van der Waals surface area (Å²) in [6, 6.07) is 4.02. The molecule has 0 saturated heterocycles. The number of nitrogens with zero attached hydrogens (tertiary/aromatic N) is 1. The predicted molar refractivity (Wildman–Crippen MR) is 61.5 cm³/mol. The molecule has 0 aliphatic rings. The second kappa shape index (κ2) is 4.92. The summed E-state index contributed by atoms with van der Waals surface area (Å²) in [6.45, 7) is 2.03. The number of hydrogen-bond acceptors (Lipinski definition) is 4. The molecule has 4 heteroatoms. The van der Waals surface area contributed by atoms with E-state index in [1.807, 2.05) is 25.3 Å². The van der Waals surface area contributed by atoms with Crippen LogP contribution >= 0.6 is 0 Å². The predicted octanol–water partition coefficient (Wildman–Crippen LogP) is 1.73. The number of pyridine rings is 1. The molecule has 84 valence electrons. The van der Waals surface area contributed by atoms with E-state index in [0.717, 1.165) is 17.5 Å². The molecule has 2 rings (SSSR count). The first-order valence-corrected chi connectivity index (χ1v) is 5.19. The van der Waals surface area contributed by atoms with Crippen LogP contribution in [0, 0.1) is 6.92 Å². The van der Waals surface area contributed by atoms with E-state index in [1.54, 1.807) is 18.7 Å². The van der Waals surface area contributed by atoms with Crippen molar-refractivity contribution in [2.45, 2.75) is 19.4 Å². The zero-order valence-corrected chi connectivity index (χ0v) is 9.18.